The molecule has 1 aromatic carbocycles. The minimum Gasteiger partial charge on any atom is -0.383 e. The Labute approximate surface area is 101 Å². The highest BCUT2D eigenvalue weighted by atomic mass is 16.5. The first kappa shape index (κ1) is 12.1. The minimum absolute atomic E-state index is 0.0329. The van der Waals surface area contributed by atoms with Gasteiger partial charge in [-0.15, -0.1) is 0 Å². The van der Waals surface area contributed by atoms with Gasteiger partial charge < -0.3 is 15.4 Å². The number of amides is 1. The Morgan fingerprint density at radius 1 is 1.35 bits per heavy atom. The van der Waals surface area contributed by atoms with Crippen LogP contribution in [-0.4, -0.2) is 26.2 Å². The van der Waals surface area contributed by atoms with E-state index in [1.807, 2.05) is 26.0 Å². The van der Waals surface area contributed by atoms with Crippen molar-refractivity contribution in [2.75, 3.05) is 25.2 Å². The molecule has 0 saturated carbocycles. The van der Waals surface area contributed by atoms with Crippen molar-refractivity contribution in [3.05, 3.63) is 28.8 Å². The molecule has 4 heteroatoms. The van der Waals surface area contributed by atoms with Crippen LogP contribution in [0.3, 0.4) is 0 Å². The third-order valence-electron chi connectivity index (χ3n) is 3.27. The highest BCUT2D eigenvalue weighted by molar-refractivity contribution is 6.05. The summed E-state index contributed by atoms with van der Waals surface area (Å²) < 4.78 is 5.04. The summed E-state index contributed by atoms with van der Waals surface area (Å²) in [5.41, 5.74) is 10.1. The van der Waals surface area contributed by atoms with Gasteiger partial charge in [0.15, 0.2) is 0 Å². The van der Waals surface area contributed by atoms with Gasteiger partial charge in [0.05, 0.1) is 12.3 Å². The molecule has 0 fully saturated rings. The molecule has 92 valence electrons. The number of anilines is 1. The number of rotatable bonds is 3. The van der Waals surface area contributed by atoms with Crippen molar-refractivity contribution in [3.63, 3.8) is 0 Å². The lowest BCUT2D eigenvalue weighted by atomic mass is 10.00. The van der Waals surface area contributed by atoms with E-state index in [1.165, 1.54) is 0 Å². The Bertz CT molecular complexity index is 457. The van der Waals surface area contributed by atoms with Gasteiger partial charge in [-0.2, -0.15) is 0 Å². The highest BCUT2D eigenvalue weighted by Gasteiger charge is 2.36. The van der Waals surface area contributed by atoms with E-state index in [9.17, 15) is 4.79 Å². The van der Waals surface area contributed by atoms with Gasteiger partial charge in [-0.1, -0.05) is 12.1 Å². The molecule has 1 aliphatic rings. The SMILES string of the molecule is COCCN1C(=O)C(N)c2c(C)ccc(C)c21. The summed E-state index contributed by atoms with van der Waals surface area (Å²) in [6.07, 6.45) is 0. The van der Waals surface area contributed by atoms with E-state index in [2.05, 4.69) is 0 Å². The third kappa shape index (κ3) is 1.83. The van der Waals surface area contributed by atoms with Crippen molar-refractivity contribution in [1.29, 1.82) is 0 Å². The van der Waals surface area contributed by atoms with Gasteiger partial charge in [0.1, 0.15) is 6.04 Å². The van der Waals surface area contributed by atoms with Crippen LogP contribution in [-0.2, 0) is 9.53 Å². The molecule has 1 aliphatic heterocycles. The van der Waals surface area contributed by atoms with Gasteiger partial charge in [0.25, 0.3) is 0 Å². The van der Waals surface area contributed by atoms with Gasteiger partial charge >= 0.3 is 0 Å². The summed E-state index contributed by atoms with van der Waals surface area (Å²) in [5.74, 6) is -0.0329. The molecule has 1 amide bonds. The summed E-state index contributed by atoms with van der Waals surface area (Å²) >= 11 is 0. The van der Waals surface area contributed by atoms with Crippen LogP contribution in [0.25, 0.3) is 0 Å². The van der Waals surface area contributed by atoms with Crippen molar-refractivity contribution in [1.82, 2.24) is 0 Å². The van der Waals surface area contributed by atoms with Crippen molar-refractivity contribution in [2.24, 2.45) is 5.73 Å². The standard InChI is InChI=1S/C13H18N2O2/c1-8-4-5-9(2)12-10(8)11(14)13(16)15(12)6-7-17-3/h4-5,11H,6-7,14H2,1-3H3. The molecule has 1 atom stereocenters. The van der Waals surface area contributed by atoms with Crippen LogP contribution in [0.2, 0.25) is 0 Å². The number of carbonyl (C=O) groups is 1. The normalized spacial score (nSPS) is 18.7. The van der Waals surface area contributed by atoms with Crippen LogP contribution in [0.4, 0.5) is 5.69 Å². The van der Waals surface area contributed by atoms with Crippen LogP contribution in [0.1, 0.15) is 22.7 Å². The van der Waals surface area contributed by atoms with E-state index in [1.54, 1.807) is 12.0 Å². The quantitative estimate of drug-likeness (QED) is 0.857. The number of nitrogens with two attached hydrogens (primary N) is 1. The molecule has 2 N–H and O–H groups in total. The number of fused-ring (bicyclic) bond motifs is 1. The number of hydrogen-bond donors (Lipinski definition) is 1. The second-order valence-corrected chi connectivity index (χ2v) is 4.42. The highest BCUT2D eigenvalue weighted by Crippen LogP contribution is 2.39. The number of methoxy groups -OCH3 is 1. The first-order valence-electron chi connectivity index (χ1n) is 5.74. The van der Waals surface area contributed by atoms with Crippen LogP contribution in [0.15, 0.2) is 12.1 Å². The van der Waals surface area contributed by atoms with Gasteiger partial charge in [-0.25, -0.2) is 0 Å². The number of ether oxygens (including phenoxy) is 1. The van der Waals surface area contributed by atoms with Crippen LogP contribution < -0.4 is 10.6 Å². The Kier molecular flexibility index (Phi) is 3.17. The lowest BCUT2D eigenvalue weighted by Crippen LogP contribution is -2.34. The zero-order chi connectivity index (χ0) is 12.6. The molecule has 0 radical (unpaired) electrons. The Morgan fingerprint density at radius 3 is 2.65 bits per heavy atom. The Hall–Kier alpha value is -1.39. The van der Waals surface area contributed by atoms with E-state index < -0.39 is 6.04 Å². The largest absolute Gasteiger partial charge is 0.383 e. The Morgan fingerprint density at radius 2 is 2.00 bits per heavy atom. The average Bonchev–Trinajstić information content (AvgIpc) is 2.56. The van der Waals surface area contributed by atoms with Gasteiger partial charge in [-0.05, 0) is 25.0 Å². The smallest absolute Gasteiger partial charge is 0.248 e. The fourth-order valence-electron chi connectivity index (χ4n) is 2.37. The molecule has 2 rings (SSSR count). The van der Waals surface area contributed by atoms with Gasteiger partial charge in [0, 0.05) is 19.2 Å². The number of benzene rings is 1. The minimum atomic E-state index is -0.526. The predicted molar refractivity (Wildman–Crippen MR) is 67.1 cm³/mol. The first-order chi connectivity index (χ1) is 8.07. The summed E-state index contributed by atoms with van der Waals surface area (Å²) in [6, 6.07) is 3.52. The molecule has 17 heavy (non-hydrogen) atoms. The van der Waals surface area contributed by atoms with Crippen molar-refractivity contribution >= 4 is 11.6 Å². The van der Waals surface area contributed by atoms with E-state index in [4.69, 9.17) is 10.5 Å². The van der Waals surface area contributed by atoms with Gasteiger partial charge in [-0.3, -0.25) is 4.79 Å². The maximum absolute atomic E-state index is 12.1. The third-order valence-corrected chi connectivity index (χ3v) is 3.27. The van der Waals surface area contributed by atoms with E-state index in [-0.39, 0.29) is 5.91 Å². The lowest BCUT2D eigenvalue weighted by molar-refractivity contribution is -0.119. The molecular formula is C13H18N2O2. The molecule has 4 nitrogen and oxygen atoms in total. The van der Waals surface area contributed by atoms with E-state index in [0.717, 1.165) is 22.4 Å². The molecule has 0 spiro atoms. The van der Waals surface area contributed by atoms with Crippen molar-refractivity contribution in [2.45, 2.75) is 19.9 Å². The molecule has 0 bridgehead atoms. The second kappa shape index (κ2) is 4.47. The predicted octanol–water partition coefficient (Wildman–Crippen LogP) is 1.30. The number of nitrogens with zero attached hydrogens (tertiary/aromatic N) is 1. The zero-order valence-electron chi connectivity index (χ0n) is 10.5. The number of hydrogen-bond acceptors (Lipinski definition) is 3. The van der Waals surface area contributed by atoms with Crippen LogP contribution >= 0.6 is 0 Å². The molecule has 1 heterocycles. The molecule has 1 unspecified atom stereocenters. The van der Waals surface area contributed by atoms with Crippen LogP contribution in [0.5, 0.6) is 0 Å². The number of carbonyl (C=O) groups excluding carboxylic acids is 1. The molecule has 0 aromatic heterocycles. The van der Waals surface area contributed by atoms with Crippen molar-refractivity contribution < 1.29 is 9.53 Å². The van der Waals surface area contributed by atoms with Crippen molar-refractivity contribution in [3.8, 4) is 0 Å². The molecule has 0 aliphatic carbocycles. The average molecular weight is 234 g/mol. The second-order valence-electron chi connectivity index (χ2n) is 4.42. The molecule has 0 saturated heterocycles. The molecular weight excluding hydrogens is 216 g/mol. The fraction of sp³-hybridized carbons (Fsp3) is 0.462. The topological polar surface area (TPSA) is 55.6 Å². The van der Waals surface area contributed by atoms with Crippen LogP contribution in [0, 0.1) is 13.8 Å². The lowest BCUT2D eigenvalue weighted by Gasteiger charge is -2.19. The fourth-order valence-corrected chi connectivity index (χ4v) is 2.37. The first-order valence-corrected chi connectivity index (χ1v) is 5.74. The summed E-state index contributed by atoms with van der Waals surface area (Å²) in [7, 11) is 1.63. The summed E-state index contributed by atoms with van der Waals surface area (Å²) in [4.78, 5) is 13.9. The van der Waals surface area contributed by atoms with E-state index in [0.29, 0.717) is 13.2 Å². The number of aryl methyl sites for hydroxylation is 2. The maximum atomic E-state index is 12.1. The summed E-state index contributed by atoms with van der Waals surface area (Å²) in [6.45, 7) is 5.07. The summed E-state index contributed by atoms with van der Waals surface area (Å²) in [5, 5.41) is 0. The monoisotopic (exact) mass is 234 g/mol. The van der Waals surface area contributed by atoms with Gasteiger partial charge in [0.2, 0.25) is 5.91 Å². The van der Waals surface area contributed by atoms with E-state index >= 15 is 0 Å². The molecule has 1 aromatic rings. The Balaban J connectivity index is 2.48. The zero-order valence-corrected chi connectivity index (χ0v) is 10.5. The maximum Gasteiger partial charge on any atom is 0.248 e.